The average Bonchev–Trinajstić information content (AvgIpc) is 2.56. The van der Waals surface area contributed by atoms with Gasteiger partial charge in [-0.15, -0.1) is 0 Å². The Bertz CT molecular complexity index is 928. The summed E-state index contributed by atoms with van der Waals surface area (Å²) >= 11 is 6.52. The minimum absolute atomic E-state index is 0.0593. The SMILES string of the molecule is Cc1c(O)ccc2c1OC1(CC2c2ccccc2Cl)CC(C)(C)NC(=O)N1. The Morgan fingerprint density at radius 1 is 1.15 bits per heavy atom. The van der Waals surface area contributed by atoms with E-state index in [-0.39, 0.29) is 17.7 Å². The van der Waals surface area contributed by atoms with Crippen LogP contribution in [0.4, 0.5) is 4.79 Å². The van der Waals surface area contributed by atoms with Crippen LogP contribution in [0, 0.1) is 6.92 Å². The van der Waals surface area contributed by atoms with Crippen molar-refractivity contribution < 1.29 is 14.6 Å². The molecule has 0 radical (unpaired) electrons. The van der Waals surface area contributed by atoms with Crippen LogP contribution in [0.15, 0.2) is 36.4 Å². The van der Waals surface area contributed by atoms with E-state index in [9.17, 15) is 9.90 Å². The highest BCUT2D eigenvalue weighted by Gasteiger charge is 2.50. The van der Waals surface area contributed by atoms with Gasteiger partial charge in [-0.05, 0) is 38.5 Å². The van der Waals surface area contributed by atoms with Crippen LogP contribution in [0.25, 0.3) is 0 Å². The number of rotatable bonds is 1. The van der Waals surface area contributed by atoms with Crippen LogP contribution in [0.5, 0.6) is 11.5 Å². The number of carbonyl (C=O) groups excluding carboxylic acids is 1. The third kappa shape index (κ3) is 3.10. The molecule has 2 atom stereocenters. The summed E-state index contributed by atoms with van der Waals surface area (Å²) in [7, 11) is 0. The summed E-state index contributed by atoms with van der Waals surface area (Å²) in [5, 5.41) is 16.8. The number of aromatic hydroxyl groups is 1. The van der Waals surface area contributed by atoms with E-state index in [1.165, 1.54) is 0 Å². The van der Waals surface area contributed by atoms with Crippen LogP contribution in [-0.2, 0) is 0 Å². The first kappa shape index (κ1) is 18.0. The van der Waals surface area contributed by atoms with Gasteiger partial charge in [-0.2, -0.15) is 0 Å². The quantitative estimate of drug-likeness (QED) is 0.678. The van der Waals surface area contributed by atoms with Crippen LogP contribution in [0.3, 0.4) is 0 Å². The fourth-order valence-corrected chi connectivity index (χ4v) is 4.62. The van der Waals surface area contributed by atoms with Gasteiger partial charge in [0.05, 0.1) is 0 Å². The van der Waals surface area contributed by atoms with E-state index in [0.717, 1.165) is 11.1 Å². The fraction of sp³-hybridized carbons (Fsp3) is 0.381. The Labute approximate surface area is 163 Å². The first-order valence-corrected chi connectivity index (χ1v) is 9.44. The monoisotopic (exact) mass is 386 g/mol. The second-order valence-electron chi connectivity index (χ2n) is 8.14. The topological polar surface area (TPSA) is 70.6 Å². The van der Waals surface area contributed by atoms with Crippen molar-refractivity contribution in [3.8, 4) is 11.5 Å². The molecule has 1 fully saturated rings. The molecule has 3 N–H and O–H groups in total. The van der Waals surface area contributed by atoms with Gasteiger partial charge in [0.15, 0.2) is 5.72 Å². The Hall–Kier alpha value is -2.40. The zero-order chi connectivity index (χ0) is 19.4. The van der Waals surface area contributed by atoms with Gasteiger partial charge in [0.1, 0.15) is 11.5 Å². The zero-order valence-electron chi connectivity index (χ0n) is 15.6. The molecule has 4 rings (SSSR count). The van der Waals surface area contributed by atoms with E-state index in [1.54, 1.807) is 6.07 Å². The zero-order valence-corrected chi connectivity index (χ0v) is 16.4. The molecule has 2 aliphatic rings. The lowest BCUT2D eigenvalue weighted by Gasteiger charge is -2.49. The van der Waals surface area contributed by atoms with Gasteiger partial charge < -0.3 is 20.5 Å². The molecule has 27 heavy (non-hydrogen) atoms. The molecule has 0 aliphatic carbocycles. The number of benzene rings is 2. The molecule has 2 unspecified atom stereocenters. The molecule has 2 aromatic carbocycles. The summed E-state index contributed by atoms with van der Waals surface area (Å²) in [6.07, 6.45) is 1.14. The molecule has 2 aliphatic heterocycles. The highest BCUT2D eigenvalue weighted by Crippen LogP contribution is 2.50. The second kappa shape index (κ2) is 6.06. The van der Waals surface area contributed by atoms with Crippen molar-refractivity contribution in [2.75, 3.05) is 0 Å². The molecule has 0 bridgehead atoms. The van der Waals surface area contributed by atoms with E-state index in [2.05, 4.69) is 10.6 Å². The highest BCUT2D eigenvalue weighted by molar-refractivity contribution is 6.31. The summed E-state index contributed by atoms with van der Waals surface area (Å²) in [5.74, 6) is 0.725. The molecular weight excluding hydrogens is 364 g/mol. The molecule has 1 saturated heterocycles. The molecular formula is C21H23ClN2O3. The van der Waals surface area contributed by atoms with E-state index < -0.39 is 11.3 Å². The lowest BCUT2D eigenvalue weighted by molar-refractivity contribution is -0.0241. The van der Waals surface area contributed by atoms with E-state index >= 15 is 0 Å². The number of urea groups is 1. The van der Waals surface area contributed by atoms with E-state index in [4.69, 9.17) is 16.3 Å². The molecule has 0 aromatic heterocycles. The van der Waals surface area contributed by atoms with Gasteiger partial charge >= 0.3 is 6.03 Å². The Morgan fingerprint density at radius 3 is 2.59 bits per heavy atom. The minimum atomic E-state index is -0.874. The van der Waals surface area contributed by atoms with Crippen molar-refractivity contribution in [1.29, 1.82) is 0 Å². The van der Waals surface area contributed by atoms with Gasteiger partial charge in [0, 0.05) is 40.4 Å². The first-order valence-electron chi connectivity index (χ1n) is 9.06. The standard InChI is InChI=1S/C21H23ClN2O3/c1-12-17(25)9-8-14-15(13-6-4-5-7-16(13)22)10-21(27-18(12)14)11-20(2,3)23-19(26)24-21/h4-9,15,25H,10-11H2,1-3H3,(H2,23,24,26). The minimum Gasteiger partial charge on any atom is -0.508 e. The highest BCUT2D eigenvalue weighted by atomic mass is 35.5. The molecule has 1 spiro atoms. The third-order valence-corrected chi connectivity index (χ3v) is 5.76. The number of nitrogens with one attached hydrogen (secondary N) is 2. The predicted octanol–water partition coefficient (Wildman–Crippen LogP) is 4.45. The maximum absolute atomic E-state index is 12.3. The number of hydrogen-bond donors (Lipinski definition) is 3. The molecule has 2 amide bonds. The summed E-state index contributed by atoms with van der Waals surface area (Å²) in [6.45, 7) is 5.78. The predicted molar refractivity (Wildman–Crippen MR) is 104 cm³/mol. The molecule has 2 aromatic rings. The van der Waals surface area contributed by atoms with Crippen LogP contribution in [0.2, 0.25) is 5.02 Å². The number of hydrogen-bond acceptors (Lipinski definition) is 3. The third-order valence-electron chi connectivity index (χ3n) is 5.42. The summed E-state index contributed by atoms with van der Waals surface area (Å²) in [4.78, 5) is 12.3. The Kier molecular flexibility index (Phi) is 4.04. The van der Waals surface area contributed by atoms with Crippen molar-refractivity contribution in [2.45, 2.75) is 50.8 Å². The number of halogens is 1. The first-order chi connectivity index (χ1) is 12.7. The van der Waals surface area contributed by atoms with Crippen molar-refractivity contribution in [1.82, 2.24) is 10.6 Å². The number of amides is 2. The Morgan fingerprint density at radius 2 is 1.89 bits per heavy atom. The normalized spacial score (nSPS) is 25.9. The molecule has 6 heteroatoms. The number of fused-ring (bicyclic) bond motifs is 1. The van der Waals surface area contributed by atoms with Crippen LogP contribution in [-0.4, -0.2) is 22.4 Å². The number of phenols is 1. The second-order valence-corrected chi connectivity index (χ2v) is 8.55. The maximum atomic E-state index is 12.3. The van der Waals surface area contributed by atoms with Gasteiger partial charge in [-0.1, -0.05) is 35.9 Å². The summed E-state index contributed by atoms with van der Waals surface area (Å²) in [5.41, 5.74) is 1.32. The molecule has 2 heterocycles. The van der Waals surface area contributed by atoms with Crippen molar-refractivity contribution in [3.05, 3.63) is 58.1 Å². The van der Waals surface area contributed by atoms with Crippen LogP contribution >= 0.6 is 11.6 Å². The molecule has 0 saturated carbocycles. The average molecular weight is 387 g/mol. The van der Waals surface area contributed by atoms with Gasteiger partial charge in [0.25, 0.3) is 0 Å². The number of phenolic OH excluding ortho intramolecular Hbond substituents is 1. The van der Waals surface area contributed by atoms with E-state index in [1.807, 2.05) is 51.1 Å². The number of carbonyl (C=O) groups is 1. The van der Waals surface area contributed by atoms with Crippen molar-refractivity contribution >= 4 is 17.6 Å². The lowest BCUT2D eigenvalue weighted by atomic mass is 9.76. The van der Waals surface area contributed by atoms with Crippen LogP contribution < -0.4 is 15.4 Å². The fourth-order valence-electron chi connectivity index (χ4n) is 4.36. The van der Waals surface area contributed by atoms with Crippen molar-refractivity contribution in [2.24, 2.45) is 0 Å². The summed E-state index contributed by atoms with van der Waals surface area (Å²) in [6, 6.07) is 11.0. The van der Waals surface area contributed by atoms with Crippen LogP contribution in [0.1, 0.15) is 49.3 Å². The lowest BCUT2D eigenvalue weighted by Crippen LogP contribution is -2.69. The Balaban J connectivity index is 1.89. The van der Waals surface area contributed by atoms with Gasteiger partial charge in [0.2, 0.25) is 0 Å². The maximum Gasteiger partial charge on any atom is 0.318 e. The van der Waals surface area contributed by atoms with Crippen molar-refractivity contribution in [3.63, 3.8) is 0 Å². The number of ether oxygens (including phenoxy) is 1. The molecule has 5 nitrogen and oxygen atoms in total. The van der Waals surface area contributed by atoms with Gasteiger partial charge in [-0.3, -0.25) is 0 Å². The largest absolute Gasteiger partial charge is 0.508 e. The smallest absolute Gasteiger partial charge is 0.318 e. The molecule has 142 valence electrons. The van der Waals surface area contributed by atoms with E-state index in [0.29, 0.717) is 29.2 Å². The van der Waals surface area contributed by atoms with Gasteiger partial charge in [-0.25, -0.2) is 4.79 Å². The summed E-state index contributed by atoms with van der Waals surface area (Å²) < 4.78 is 6.39.